The van der Waals surface area contributed by atoms with Crippen LogP contribution in [-0.4, -0.2) is 22.2 Å². The van der Waals surface area contributed by atoms with Crippen molar-refractivity contribution in [2.24, 2.45) is 0 Å². The Morgan fingerprint density at radius 2 is 0.821 bits per heavy atom. The van der Waals surface area contributed by atoms with E-state index in [0.29, 0.717) is 11.1 Å². The Kier molecular flexibility index (Phi) is 4.38. The molecule has 4 heteroatoms. The molecule has 0 atom stereocenters. The van der Waals surface area contributed by atoms with Crippen LogP contribution in [0.5, 0.6) is 0 Å². The second-order valence-electron chi connectivity index (χ2n) is 6.41. The maximum atomic E-state index is 11.7. The standard InChI is InChI=1S/C24H16O4/c25-23(26)21-9-3-1-7-19(21)17-13-5-12-16-15(17)11-6-14-18(16)20-8-2-4-10-22(20)24(27)28/h1-14H,(H,25,26)(H,27,28). The molecule has 0 saturated carbocycles. The second-order valence-corrected chi connectivity index (χ2v) is 6.41. The van der Waals surface area contributed by atoms with Gasteiger partial charge in [-0.3, -0.25) is 0 Å². The maximum Gasteiger partial charge on any atom is 0.336 e. The molecule has 0 saturated heterocycles. The molecule has 0 radical (unpaired) electrons. The molecule has 28 heavy (non-hydrogen) atoms. The molecule has 0 aliphatic rings. The summed E-state index contributed by atoms with van der Waals surface area (Å²) < 4.78 is 0. The van der Waals surface area contributed by atoms with Gasteiger partial charge in [0.2, 0.25) is 0 Å². The Balaban J connectivity index is 2.03. The molecule has 4 rings (SSSR count). The third-order valence-corrected chi connectivity index (χ3v) is 4.82. The molecule has 0 amide bonds. The molecule has 4 aromatic rings. The van der Waals surface area contributed by atoms with Crippen LogP contribution >= 0.6 is 0 Å². The molecule has 136 valence electrons. The molecular weight excluding hydrogens is 352 g/mol. The van der Waals surface area contributed by atoms with E-state index in [9.17, 15) is 19.8 Å². The molecule has 2 N–H and O–H groups in total. The first-order chi connectivity index (χ1) is 13.6. The minimum Gasteiger partial charge on any atom is -0.478 e. The molecule has 0 aromatic heterocycles. The fraction of sp³-hybridized carbons (Fsp3) is 0. The molecule has 0 unspecified atom stereocenters. The van der Waals surface area contributed by atoms with Crippen molar-refractivity contribution in [3.8, 4) is 22.3 Å². The van der Waals surface area contributed by atoms with Crippen molar-refractivity contribution >= 4 is 22.7 Å². The third kappa shape index (κ3) is 2.91. The van der Waals surface area contributed by atoms with Gasteiger partial charge in [0.25, 0.3) is 0 Å². The van der Waals surface area contributed by atoms with E-state index in [1.54, 1.807) is 36.4 Å². The summed E-state index contributed by atoms with van der Waals surface area (Å²) in [6.07, 6.45) is 0. The second kappa shape index (κ2) is 7.00. The first kappa shape index (κ1) is 17.5. The van der Waals surface area contributed by atoms with E-state index in [1.165, 1.54) is 0 Å². The summed E-state index contributed by atoms with van der Waals surface area (Å²) in [5.74, 6) is -1.97. The number of fused-ring (bicyclic) bond motifs is 1. The van der Waals surface area contributed by atoms with Gasteiger partial charge in [0.15, 0.2) is 0 Å². The quantitative estimate of drug-likeness (QED) is 0.494. The average Bonchev–Trinajstić information content (AvgIpc) is 2.72. The lowest BCUT2D eigenvalue weighted by molar-refractivity contribution is 0.0687. The van der Waals surface area contributed by atoms with Crippen molar-refractivity contribution in [3.05, 3.63) is 96.1 Å². The fourth-order valence-corrected chi connectivity index (χ4v) is 3.59. The summed E-state index contributed by atoms with van der Waals surface area (Å²) in [6.45, 7) is 0. The van der Waals surface area contributed by atoms with E-state index in [0.717, 1.165) is 21.9 Å². The lowest BCUT2D eigenvalue weighted by Gasteiger charge is -2.14. The normalized spacial score (nSPS) is 10.7. The fourth-order valence-electron chi connectivity index (χ4n) is 3.59. The molecule has 0 aliphatic carbocycles. The van der Waals surface area contributed by atoms with Crippen LogP contribution in [0.1, 0.15) is 20.7 Å². The Hall–Kier alpha value is -3.92. The molecular formula is C24H16O4. The Labute approximate surface area is 161 Å². The highest BCUT2D eigenvalue weighted by Gasteiger charge is 2.16. The highest BCUT2D eigenvalue weighted by molar-refractivity contribution is 6.09. The Morgan fingerprint density at radius 3 is 1.21 bits per heavy atom. The van der Waals surface area contributed by atoms with Crippen LogP contribution in [0.25, 0.3) is 33.0 Å². The molecule has 0 fully saturated rings. The zero-order valence-electron chi connectivity index (χ0n) is 14.8. The maximum absolute atomic E-state index is 11.7. The predicted octanol–water partition coefficient (Wildman–Crippen LogP) is 5.57. The van der Waals surface area contributed by atoms with E-state index in [-0.39, 0.29) is 11.1 Å². The van der Waals surface area contributed by atoms with Crippen LogP contribution in [0.2, 0.25) is 0 Å². The predicted molar refractivity (Wildman–Crippen MR) is 109 cm³/mol. The van der Waals surface area contributed by atoms with Gasteiger partial charge in [-0.05, 0) is 45.2 Å². The number of carboxylic acids is 2. The number of carbonyl (C=O) groups is 2. The third-order valence-electron chi connectivity index (χ3n) is 4.82. The van der Waals surface area contributed by atoms with Crippen LogP contribution in [0.3, 0.4) is 0 Å². The number of hydrogen-bond donors (Lipinski definition) is 2. The average molecular weight is 368 g/mol. The monoisotopic (exact) mass is 368 g/mol. The first-order valence-electron chi connectivity index (χ1n) is 8.75. The highest BCUT2D eigenvalue weighted by atomic mass is 16.4. The summed E-state index contributed by atoms with van der Waals surface area (Å²) >= 11 is 0. The van der Waals surface area contributed by atoms with Crippen molar-refractivity contribution in [1.82, 2.24) is 0 Å². The van der Waals surface area contributed by atoms with Crippen LogP contribution in [-0.2, 0) is 0 Å². The van der Waals surface area contributed by atoms with Gasteiger partial charge in [0.05, 0.1) is 11.1 Å². The minimum absolute atomic E-state index is 0.228. The molecule has 4 nitrogen and oxygen atoms in total. The van der Waals surface area contributed by atoms with Gasteiger partial charge in [-0.2, -0.15) is 0 Å². The zero-order valence-corrected chi connectivity index (χ0v) is 14.8. The van der Waals surface area contributed by atoms with Crippen molar-refractivity contribution < 1.29 is 19.8 Å². The van der Waals surface area contributed by atoms with E-state index in [4.69, 9.17) is 0 Å². The van der Waals surface area contributed by atoms with Crippen LogP contribution < -0.4 is 0 Å². The van der Waals surface area contributed by atoms with Crippen molar-refractivity contribution in [2.45, 2.75) is 0 Å². The number of aromatic carboxylic acids is 2. The summed E-state index contributed by atoms with van der Waals surface area (Å²) in [6, 6.07) is 25.1. The Bertz CT molecular complexity index is 1130. The molecule has 4 aromatic carbocycles. The van der Waals surface area contributed by atoms with Gasteiger partial charge < -0.3 is 10.2 Å². The van der Waals surface area contributed by atoms with Crippen molar-refractivity contribution in [3.63, 3.8) is 0 Å². The van der Waals surface area contributed by atoms with Crippen LogP contribution in [0.15, 0.2) is 84.9 Å². The Morgan fingerprint density at radius 1 is 0.464 bits per heavy atom. The van der Waals surface area contributed by atoms with Gasteiger partial charge in [0.1, 0.15) is 0 Å². The van der Waals surface area contributed by atoms with Gasteiger partial charge >= 0.3 is 11.9 Å². The highest BCUT2D eigenvalue weighted by Crippen LogP contribution is 2.37. The minimum atomic E-state index is -0.986. The number of benzene rings is 4. The van der Waals surface area contributed by atoms with Crippen molar-refractivity contribution in [2.75, 3.05) is 0 Å². The summed E-state index contributed by atoms with van der Waals surface area (Å²) in [5, 5.41) is 20.9. The van der Waals surface area contributed by atoms with Crippen molar-refractivity contribution in [1.29, 1.82) is 0 Å². The van der Waals surface area contributed by atoms with Gasteiger partial charge in [-0.15, -0.1) is 0 Å². The van der Waals surface area contributed by atoms with E-state index < -0.39 is 11.9 Å². The number of carboxylic acid groups (broad SMARTS) is 2. The number of hydrogen-bond acceptors (Lipinski definition) is 2. The largest absolute Gasteiger partial charge is 0.478 e. The van der Waals surface area contributed by atoms with E-state index in [1.807, 2.05) is 48.5 Å². The summed E-state index contributed by atoms with van der Waals surface area (Å²) in [4.78, 5) is 23.3. The summed E-state index contributed by atoms with van der Waals surface area (Å²) in [7, 11) is 0. The van der Waals surface area contributed by atoms with Crippen LogP contribution in [0, 0.1) is 0 Å². The number of rotatable bonds is 4. The van der Waals surface area contributed by atoms with E-state index in [2.05, 4.69) is 0 Å². The van der Waals surface area contributed by atoms with Crippen LogP contribution in [0.4, 0.5) is 0 Å². The van der Waals surface area contributed by atoms with Gasteiger partial charge in [-0.1, -0.05) is 72.8 Å². The zero-order chi connectivity index (χ0) is 19.7. The molecule has 0 heterocycles. The SMILES string of the molecule is O=C(O)c1ccccc1-c1cccc2c(-c3ccccc3C(=O)O)cccc12. The molecule has 0 aliphatic heterocycles. The van der Waals surface area contributed by atoms with Gasteiger partial charge in [-0.25, -0.2) is 9.59 Å². The smallest absolute Gasteiger partial charge is 0.336 e. The molecule has 0 bridgehead atoms. The van der Waals surface area contributed by atoms with Gasteiger partial charge in [0, 0.05) is 0 Å². The summed E-state index contributed by atoms with van der Waals surface area (Å²) in [5.41, 5.74) is 3.31. The molecule has 0 spiro atoms. The van der Waals surface area contributed by atoms with E-state index >= 15 is 0 Å². The first-order valence-corrected chi connectivity index (χ1v) is 8.75. The topological polar surface area (TPSA) is 74.6 Å². The lowest BCUT2D eigenvalue weighted by Crippen LogP contribution is -2.00. The lowest BCUT2D eigenvalue weighted by atomic mass is 9.90.